The van der Waals surface area contributed by atoms with Gasteiger partial charge in [0.15, 0.2) is 0 Å². The Hall–Kier alpha value is -1.95. The van der Waals surface area contributed by atoms with Gasteiger partial charge in [-0.15, -0.1) is 11.3 Å². The zero-order valence-corrected chi connectivity index (χ0v) is 15.0. The summed E-state index contributed by atoms with van der Waals surface area (Å²) in [6, 6.07) is 10.6. The minimum Gasteiger partial charge on any atom is -0.461 e. The molecule has 0 saturated carbocycles. The van der Waals surface area contributed by atoms with E-state index in [1.54, 1.807) is 22.7 Å². The van der Waals surface area contributed by atoms with Crippen LogP contribution in [0.3, 0.4) is 0 Å². The molecule has 5 heteroatoms. The van der Waals surface area contributed by atoms with Gasteiger partial charge in [-0.05, 0) is 41.8 Å². The maximum absolute atomic E-state index is 5.88. The van der Waals surface area contributed by atoms with Gasteiger partial charge in [0.1, 0.15) is 16.4 Å². The Morgan fingerprint density at radius 3 is 2.92 bits per heavy atom. The van der Waals surface area contributed by atoms with Crippen LogP contribution in [0.1, 0.15) is 27.9 Å². The van der Waals surface area contributed by atoms with E-state index in [2.05, 4.69) is 39.3 Å². The molecule has 0 aliphatic heterocycles. The molecule has 0 amide bonds. The third kappa shape index (κ3) is 3.15. The van der Waals surface area contributed by atoms with E-state index < -0.39 is 0 Å². The van der Waals surface area contributed by atoms with Crippen molar-refractivity contribution in [1.82, 2.24) is 10.3 Å². The fourth-order valence-electron chi connectivity index (χ4n) is 2.96. The largest absolute Gasteiger partial charge is 0.461 e. The number of thiophene rings is 1. The number of benzene rings is 1. The van der Waals surface area contributed by atoms with Gasteiger partial charge in [0, 0.05) is 29.1 Å². The molecule has 0 saturated heterocycles. The number of fused-ring (bicyclic) bond motifs is 1. The van der Waals surface area contributed by atoms with Crippen LogP contribution in [0, 0.1) is 6.92 Å². The Balaban J connectivity index is 1.57. The molecule has 1 N–H and O–H groups in total. The molecule has 0 radical (unpaired) electrons. The number of furan rings is 1. The molecule has 0 bridgehead atoms. The predicted octanol–water partition coefficient (Wildman–Crippen LogP) is 5.33. The average Bonchev–Trinajstić information content (AvgIpc) is 3.33. The molecule has 24 heavy (non-hydrogen) atoms. The first kappa shape index (κ1) is 15.6. The van der Waals surface area contributed by atoms with Gasteiger partial charge >= 0.3 is 0 Å². The van der Waals surface area contributed by atoms with E-state index in [4.69, 9.17) is 4.42 Å². The molecule has 3 aromatic heterocycles. The van der Waals surface area contributed by atoms with Gasteiger partial charge in [-0.3, -0.25) is 0 Å². The lowest BCUT2D eigenvalue weighted by Crippen LogP contribution is -2.23. The number of rotatable bonds is 6. The van der Waals surface area contributed by atoms with Crippen LogP contribution in [0.4, 0.5) is 0 Å². The van der Waals surface area contributed by atoms with E-state index in [0.29, 0.717) is 0 Å². The molecule has 3 heterocycles. The van der Waals surface area contributed by atoms with Crippen LogP contribution in [0.25, 0.3) is 11.0 Å². The summed E-state index contributed by atoms with van der Waals surface area (Å²) in [4.78, 5) is 4.52. The molecule has 1 aromatic carbocycles. The fourth-order valence-corrected chi connectivity index (χ4v) is 4.36. The van der Waals surface area contributed by atoms with Gasteiger partial charge in [0.25, 0.3) is 0 Å². The Bertz CT molecular complexity index is 910. The van der Waals surface area contributed by atoms with Gasteiger partial charge in [-0.2, -0.15) is 11.3 Å². The van der Waals surface area contributed by atoms with E-state index >= 15 is 0 Å². The van der Waals surface area contributed by atoms with Crippen LogP contribution in [0.2, 0.25) is 0 Å². The topological polar surface area (TPSA) is 38.1 Å². The van der Waals surface area contributed by atoms with Crippen molar-refractivity contribution in [2.45, 2.75) is 25.9 Å². The molecule has 1 atom stereocenters. The Kier molecular flexibility index (Phi) is 4.47. The molecule has 0 aliphatic carbocycles. The molecular weight excluding hydrogens is 336 g/mol. The monoisotopic (exact) mass is 354 g/mol. The molecule has 0 aliphatic rings. The van der Waals surface area contributed by atoms with Crippen LogP contribution in [-0.4, -0.2) is 4.98 Å². The van der Waals surface area contributed by atoms with Crippen LogP contribution in [-0.2, 0) is 13.0 Å². The minimum atomic E-state index is 0.215. The molecule has 4 aromatic rings. The number of hydrogen-bond acceptors (Lipinski definition) is 5. The SMILES string of the molecule is Cc1oc2ccccc2c1CNC(Cc1ccsc1)c1nccs1. The summed E-state index contributed by atoms with van der Waals surface area (Å²) in [6.45, 7) is 2.81. The maximum atomic E-state index is 5.88. The normalized spacial score (nSPS) is 12.7. The highest BCUT2D eigenvalue weighted by atomic mass is 32.1. The second-order valence-electron chi connectivity index (χ2n) is 5.77. The molecule has 122 valence electrons. The molecule has 0 fully saturated rings. The number of aryl methyl sites for hydroxylation is 1. The highest BCUT2D eigenvalue weighted by Gasteiger charge is 2.17. The highest BCUT2D eigenvalue weighted by molar-refractivity contribution is 7.09. The zero-order chi connectivity index (χ0) is 16.4. The van der Waals surface area contributed by atoms with Crippen molar-refractivity contribution in [2.24, 2.45) is 0 Å². The van der Waals surface area contributed by atoms with E-state index in [9.17, 15) is 0 Å². The third-order valence-corrected chi connectivity index (χ3v) is 5.82. The van der Waals surface area contributed by atoms with Crippen molar-refractivity contribution in [1.29, 1.82) is 0 Å². The lowest BCUT2D eigenvalue weighted by molar-refractivity contribution is 0.516. The number of hydrogen-bond donors (Lipinski definition) is 1. The van der Waals surface area contributed by atoms with Crippen molar-refractivity contribution in [3.63, 3.8) is 0 Å². The van der Waals surface area contributed by atoms with E-state index in [1.165, 1.54) is 16.5 Å². The summed E-state index contributed by atoms with van der Waals surface area (Å²) >= 11 is 3.44. The first-order chi connectivity index (χ1) is 11.8. The summed E-state index contributed by atoms with van der Waals surface area (Å²) in [5.41, 5.74) is 3.54. The van der Waals surface area contributed by atoms with Gasteiger partial charge in [0.05, 0.1) is 6.04 Å². The number of thiazole rings is 1. The highest BCUT2D eigenvalue weighted by Crippen LogP contribution is 2.27. The zero-order valence-electron chi connectivity index (χ0n) is 13.4. The lowest BCUT2D eigenvalue weighted by atomic mass is 10.1. The van der Waals surface area contributed by atoms with E-state index in [0.717, 1.165) is 29.3 Å². The van der Waals surface area contributed by atoms with Crippen molar-refractivity contribution >= 4 is 33.6 Å². The van der Waals surface area contributed by atoms with Crippen molar-refractivity contribution in [2.75, 3.05) is 0 Å². The molecule has 4 rings (SSSR count). The summed E-state index contributed by atoms with van der Waals surface area (Å²) in [5, 5.41) is 12.4. The van der Waals surface area contributed by atoms with Crippen LogP contribution in [0.5, 0.6) is 0 Å². The molecule has 3 nitrogen and oxygen atoms in total. The third-order valence-electron chi connectivity index (χ3n) is 4.19. The number of para-hydroxylation sites is 1. The quantitative estimate of drug-likeness (QED) is 0.508. The number of nitrogens with one attached hydrogen (secondary N) is 1. The summed E-state index contributed by atoms with van der Waals surface area (Å²) in [6.07, 6.45) is 2.83. The van der Waals surface area contributed by atoms with Gasteiger partial charge in [-0.1, -0.05) is 18.2 Å². The standard InChI is InChI=1S/C19H18N2OS2/c1-13-16(15-4-2-3-5-18(15)22-13)11-21-17(19-20-7-9-24-19)10-14-6-8-23-12-14/h2-9,12,17,21H,10-11H2,1H3. The number of nitrogens with zero attached hydrogens (tertiary/aromatic N) is 1. The number of aromatic nitrogens is 1. The Morgan fingerprint density at radius 1 is 1.21 bits per heavy atom. The lowest BCUT2D eigenvalue weighted by Gasteiger charge is -2.16. The summed E-state index contributed by atoms with van der Waals surface area (Å²) in [5.74, 6) is 0.983. The summed E-state index contributed by atoms with van der Waals surface area (Å²) < 4.78 is 5.88. The van der Waals surface area contributed by atoms with Crippen LogP contribution < -0.4 is 5.32 Å². The Morgan fingerprint density at radius 2 is 2.12 bits per heavy atom. The smallest absolute Gasteiger partial charge is 0.134 e. The first-order valence-electron chi connectivity index (χ1n) is 7.92. The molecular formula is C19H18N2OS2. The Labute approximate surface area is 149 Å². The maximum Gasteiger partial charge on any atom is 0.134 e. The second kappa shape index (κ2) is 6.89. The van der Waals surface area contributed by atoms with Crippen LogP contribution >= 0.6 is 22.7 Å². The fraction of sp³-hybridized carbons (Fsp3) is 0.211. The van der Waals surface area contributed by atoms with Crippen LogP contribution in [0.15, 0.2) is 57.1 Å². The predicted molar refractivity (Wildman–Crippen MR) is 101 cm³/mol. The van der Waals surface area contributed by atoms with E-state index in [1.807, 2.05) is 30.6 Å². The first-order valence-corrected chi connectivity index (χ1v) is 9.74. The molecule has 1 unspecified atom stereocenters. The van der Waals surface area contributed by atoms with Crippen molar-refractivity contribution in [3.05, 3.63) is 74.6 Å². The second-order valence-corrected chi connectivity index (χ2v) is 7.48. The molecule has 0 spiro atoms. The van der Waals surface area contributed by atoms with Gasteiger partial charge in [0.2, 0.25) is 0 Å². The van der Waals surface area contributed by atoms with Crippen molar-refractivity contribution in [3.8, 4) is 0 Å². The summed E-state index contributed by atoms with van der Waals surface area (Å²) in [7, 11) is 0. The van der Waals surface area contributed by atoms with Gasteiger partial charge in [-0.25, -0.2) is 4.98 Å². The minimum absolute atomic E-state index is 0.215. The average molecular weight is 354 g/mol. The van der Waals surface area contributed by atoms with E-state index in [-0.39, 0.29) is 6.04 Å². The van der Waals surface area contributed by atoms with Gasteiger partial charge < -0.3 is 9.73 Å². The van der Waals surface area contributed by atoms with Crippen molar-refractivity contribution < 1.29 is 4.42 Å².